The lowest BCUT2D eigenvalue weighted by Crippen LogP contribution is -2.24. The minimum Gasteiger partial charge on any atom is -0.370 e. The number of anilines is 2. The number of nitrogens with one attached hydrogen (secondary N) is 2. The van der Waals surface area contributed by atoms with E-state index >= 15 is 0 Å². The Balaban J connectivity index is 1.67. The smallest absolute Gasteiger partial charge is 0.131 e. The van der Waals surface area contributed by atoms with Gasteiger partial charge >= 0.3 is 0 Å². The van der Waals surface area contributed by atoms with Crippen molar-refractivity contribution in [1.29, 1.82) is 0 Å². The highest BCUT2D eigenvalue weighted by molar-refractivity contribution is 5.47. The molecule has 0 spiro atoms. The summed E-state index contributed by atoms with van der Waals surface area (Å²) in [7, 11) is 0. The lowest BCUT2D eigenvalue weighted by Gasteiger charge is -2.18. The van der Waals surface area contributed by atoms with Gasteiger partial charge in [-0.3, -0.25) is 0 Å². The molecular weight excluding hydrogens is 212 g/mol. The second kappa shape index (κ2) is 4.51. The van der Waals surface area contributed by atoms with Crippen LogP contribution in [0, 0.1) is 11.8 Å². The van der Waals surface area contributed by atoms with Crippen LogP contribution < -0.4 is 10.6 Å². The zero-order valence-electron chi connectivity index (χ0n) is 10.3. The molecule has 4 heteroatoms. The van der Waals surface area contributed by atoms with E-state index in [1.807, 2.05) is 6.07 Å². The van der Waals surface area contributed by atoms with E-state index in [2.05, 4.69) is 27.5 Å². The van der Waals surface area contributed by atoms with Gasteiger partial charge in [-0.25, -0.2) is 9.97 Å². The average molecular weight is 232 g/mol. The number of rotatable bonds is 6. The Morgan fingerprint density at radius 2 is 1.82 bits per heavy atom. The van der Waals surface area contributed by atoms with Gasteiger partial charge in [-0.05, 0) is 44.4 Å². The van der Waals surface area contributed by atoms with Crippen LogP contribution in [0.3, 0.4) is 0 Å². The van der Waals surface area contributed by atoms with E-state index in [1.165, 1.54) is 25.7 Å². The fraction of sp³-hybridized carbons (Fsp3) is 0.692. The molecule has 2 aliphatic rings. The van der Waals surface area contributed by atoms with Gasteiger partial charge in [-0.1, -0.05) is 0 Å². The fourth-order valence-corrected chi connectivity index (χ4v) is 2.42. The highest BCUT2D eigenvalue weighted by Gasteiger charge is 2.41. The maximum atomic E-state index is 4.32. The molecule has 0 radical (unpaired) electrons. The Morgan fingerprint density at radius 1 is 1.18 bits per heavy atom. The summed E-state index contributed by atoms with van der Waals surface area (Å²) in [6, 6.07) is 2.67. The van der Waals surface area contributed by atoms with Gasteiger partial charge in [0, 0.05) is 18.7 Å². The van der Waals surface area contributed by atoms with Crippen molar-refractivity contribution < 1.29 is 0 Å². The summed E-state index contributed by atoms with van der Waals surface area (Å²) in [5.74, 6) is 3.66. The summed E-state index contributed by atoms with van der Waals surface area (Å²) >= 11 is 0. The van der Waals surface area contributed by atoms with Crippen molar-refractivity contribution in [3.8, 4) is 0 Å². The molecule has 4 nitrogen and oxygen atoms in total. The molecule has 1 aromatic rings. The number of aromatic nitrogens is 2. The Labute approximate surface area is 102 Å². The largest absolute Gasteiger partial charge is 0.370 e. The average Bonchev–Trinajstić information content (AvgIpc) is 3.19. The lowest BCUT2D eigenvalue weighted by atomic mass is 10.1. The zero-order valence-corrected chi connectivity index (χ0v) is 10.3. The van der Waals surface area contributed by atoms with Crippen molar-refractivity contribution in [3.63, 3.8) is 0 Å². The topological polar surface area (TPSA) is 49.8 Å². The highest BCUT2D eigenvalue weighted by atomic mass is 15.1. The molecule has 0 saturated heterocycles. The molecule has 2 fully saturated rings. The number of nitrogens with zero attached hydrogens (tertiary/aromatic N) is 2. The normalized spacial score (nSPS) is 19.4. The van der Waals surface area contributed by atoms with Crippen molar-refractivity contribution >= 4 is 11.6 Å². The van der Waals surface area contributed by atoms with Gasteiger partial charge < -0.3 is 10.6 Å². The van der Waals surface area contributed by atoms with E-state index in [0.29, 0.717) is 6.04 Å². The Kier molecular flexibility index (Phi) is 2.87. The molecule has 0 bridgehead atoms. The Morgan fingerprint density at radius 3 is 2.41 bits per heavy atom. The van der Waals surface area contributed by atoms with E-state index in [9.17, 15) is 0 Å². The van der Waals surface area contributed by atoms with Gasteiger partial charge in [0.25, 0.3) is 0 Å². The predicted octanol–water partition coefficient (Wildman–Crippen LogP) is 2.51. The van der Waals surface area contributed by atoms with Crippen LogP contribution in [-0.4, -0.2) is 22.6 Å². The van der Waals surface area contributed by atoms with Crippen LogP contribution >= 0.6 is 0 Å². The molecule has 0 aromatic carbocycles. The third-order valence-electron chi connectivity index (χ3n) is 3.60. The van der Waals surface area contributed by atoms with E-state index in [0.717, 1.165) is 30.0 Å². The molecule has 3 rings (SSSR count). The molecule has 92 valence electrons. The molecule has 0 aliphatic heterocycles. The van der Waals surface area contributed by atoms with Gasteiger partial charge in [0.1, 0.15) is 18.0 Å². The summed E-state index contributed by atoms with van der Waals surface area (Å²) in [6.45, 7) is 2.97. The monoisotopic (exact) mass is 232 g/mol. The maximum absolute atomic E-state index is 4.32. The summed E-state index contributed by atoms with van der Waals surface area (Å²) in [5, 5.41) is 6.83. The molecule has 2 N–H and O–H groups in total. The zero-order chi connectivity index (χ0) is 11.7. The second-order valence-corrected chi connectivity index (χ2v) is 5.16. The van der Waals surface area contributed by atoms with Crippen LogP contribution in [0.4, 0.5) is 11.6 Å². The molecule has 1 aromatic heterocycles. The molecular formula is C13H20N4. The summed E-state index contributed by atoms with van der Waals surface area (Å²) in [5.41, 5.74) is 0. The first-order valence-electron chi connectivity index (χ1n) is 6.69. The minimum atomic E-state index is 0.652. The summed E-state index contributed by atoms with van der Waals surface area (Å²) in [4.78, 5) is 8.51. The van der Waals surface area contributed by atoms with E-state index in [-0.39, 0.29) is 0 Å². The molecule has 0 amide bonds. The van der Waals surface area contributed by atoms with Crippen LogP contribution in [0.2, 0.25) is 0 Å². The van der Waals surface area contributed by atoms with E-state index in [1.54, 1.807) is 6.33 Å². The van der Waals surface area contributed by atoms with E-state index < -0.39 is 0 Å². The van der Waals surface area contributed by atoms with Crippen LogP contribution in [-0.2, 0) is 0 Å². The van der Waals surface area contributed by atoms with E-state index in [4.69, 9.17) is 0 Å². The maximum Gasteiger partial charge on any atom is 0.131 e. The first kappa shape index (κ1) is 10.8. The van der Waals surface area contributed by atoms with Crippen molar-refractivity contribution in [3.05, 3.63) is 12.4 Å². The summed E-state index contributed by atoms with van der Waals surface area (Å²) < 4.78 is 0. The van der Waals surface area contributed by atoms with Gasteiger partial charge in [-0.15, -0.1) is 0 Å². The predicted molar refractivity (Wildman–Crippen MR) is 69.1 cm³/mol. The molecule has 2 saturated carbocycles. The van der Waals surface area contributed by atoms with Crippen molar-refractivity contribution in [2.75, 3.05) is 17.2 Å². The van der Waals surface area contributed by atoms with Crippen LogP contribution in [0.25, 0.3) is 0 Å². The lowest BCUT2D eigenvalue weighted by molar-refractivity contribution is 0.565. The molecule has 0 unspecified atom stereocenters. The van der Waals surface area contributed by atoms with Crippen molar-refractivity contribution in [2.24, 2.45) is 11.8 Å². The van der Waals surface area contributed by atoms with Crippen molar-refractivity contribution in [1.82, 2.24) is 9.97 Å². The quantitative estimate of drug-likeness (QED) is 0.791. The fourth-order valence-electron chi connectivity index (χ4n) is 2.42. The standard InChI is InChI=1S/C13H20N4/c1-2-14-11-7-12(16-8-15-11)17-13(9-3-4-9)10-5-6-10/h7-10,13H,2-6H2,1H3,(H2,14,15,16,17). The Hall–Kier alpha value is -1.32. The van der Waals surface area contributed by atoms with Gasteiger partial charge in [0.2, 0.25) is 0 Å². The number of hydrogen-bond donors (Lipinski definition) is 2. The van der Waals surface area contributed by atoms with Crippen LogP contribution in [0.1, 0.15) is 32.6 Å². The molecule has 0 atom stereocenters. The SMILES string of the molecule is CCNc1cc(NC(C2CC2)C2CC2)ncn1. The molecule has 1 heterocycles. The minimum absolute atomic E-state index is 0.652. The second-order valence-electron chi connectivity index (χ2n) is 5.16. The highest BCUT2D eigenvalue weighted by Crippen LogP contribution is 2.45. The third-order valence-corrected chi connectivity index (χ3v) is 3.60. The number of hydrogen-bond acceptors (Lipinski definition) is 4. The molecule has 17 heavy (non-hydrogen) atoms. The van der Waals surface area contributed by atoms with Crippen LogP contribution in [0.15, 0.2) is 12.4 Å². The summed E-state index contributed by atoms with van der Waals surface area (Å²) in [6.07, 6.45) is 7.19. The van der Waals surface area contributed by atoms with Crippen LogP contribution in [0.5, 0.6) is 0 Å². The van der Waals surface area contributed by atoms with Gasteiger partial charge in [-0.2, -0.15) is 0 Å². The van der Waals surface area contributed by atoms with Gasteiger partial charge in [0.05, 0.1) is 0 Å². The van der Waals surface area contributed by atoms with Crippen molar-refractivity contribution in [2.45, 2.75) is 38.6 Å². The molecule has 2 aliphatic carbocycles. The first-order valence-corrected chi connectivity index (χ1v) is 6.69. The Bertz CT molecular complexity index is 373. The third kappa shape index (κ3) is 2.68. The first-order chi connectivity index (χ1) is 8.36. The van der Waals surface area contributed by atoms with Gasteiger partial charge in [0.15, 0.2) is 0 Å².